The first-order valence-corrected chi connectivity index (χ1v) is 12.9. The number of rotatable bonds is 9. The van der Waals surface area contributed by atoms with Crippen LogP contribution in [-0.4, -0.2) is 77.8 Å². The van der Waals surface area contributed by atoms with Gasteiger partial charge in [0.1, 0.15) is 18.2 Å². The average Bonchev–Trinajstić information content (AvgIpc) is 3.54. The van der Waals surface area contributed by atoms with Crippen LogP contribution in [0.3, 0.4) is 0 Å². The van der Waals surface area contributed by atoms with Crippen molar-refractivity contribution in [1.29, 1.82) is 5.26 Å². The van der Waals surface area contributed by atoms with Crippen LogP contribution in [0.25, 0.3) is 28.1 Å². The summed E-state index contributed by atoms with van der Waals surface area (Å²) >= 11 is 0. The van der Waals surface area contributed by atoms with E-state index in [1.807, 2.05) is 54.0 Å². The normalized spacial score (nSPS) is 13.8. The van der Waals surface area contributed by atoms with Crippen LogP contribution >= 0.6 is 0 Å². The minimum atomic E-state index is -0.0308. The number of H-pyrrole nitrogens is 1. The molecule has 6 rings (SSSR count). The molecule has 0 amide bonds. The van der Waals surface area contributed by atoms with Crippen LogP contribution in [0.2, 0.25) is 0 Å². The van der Waals surface area contributed by atoms with Gasteiger partial charge < -0.3 is 15.2 Å². The molecule has 12 heteroatoms. The van der Waals surface area contributed by atoms with Gasteiger partial charge in [0.2, 0.25) is 0 Å². The monoisotopic (exact) mass is 536 g/mol. The third-order valence-electron chi connectivity index (χ3n) is 7.06. The number of aryl methyl sites for hydroxylation is 1. The summed E-state index contributed by atoms with van der Waals surface area (Å²) in [6.45, 7) is 4.40. The first kappa shape index (κ1) is 25.6. The molecule has 0 radical (unpaired) electrons. The van der Waals surface area contributed by atoms with Crippen molar-refractivity contribution < 1.29 is 9.84 Å². The number of anilines is 2. The van der Waals surface area contributed by atoms with E-state index in [0.29, 0.717) is 35.4 Å². The first-order valence-electron chi connectivity index (χ1n) is 12.9. The Kier molecular flexibility index (Phi) is 6.91. The summed E-state index contributed by atoms with van der Waals surface area (Å²) in [6, 6.07) is 15.7. The largest absolute Gasteiger partial charge is 0.396 e. The molecule has 5 heterocycles. The summed E-state index contributed by atoms with van der Waals surface area (Å²) in [5.74, 6) is 1.29. The standard InChI is InChI=1S/C28H28N10O2/c1-17-27(23(12-29)35-33-17)28-18(9-10-39)3-8-26(32-28)38-16-30-22-11-19(4-6-24(22)38)31-25-7-5-20(34-36-25)13-37-14-21(15-37)40-2/h3-8,11,16,21,39H,9-10,13-15H2,1-2H3,(H,31,36)(H,33,35). The smallest absolute Gasteiger partial charge is 0.171 e. The Labute approximate surface area is 230 Å². The number of ether oxygens (including phenoxy) is 1. The van der Waals surface area contributed by atoms with Crippen molar-refractivity contribution in [3.05, 3.63) is 71.4 Å². The number of methoxy groups -OCH3 is 1. The molecule has 1 saturated heterocycles. The van der Waals surface area contributed by atoms with E-state index >= 15 is 0 Å². The van der Waals surface area contributed by atoms with Crippen LogP contribution in [0.1, 0.15) is 22.6 Å². The second-order valence-corrected chi connectivity index (χ2v) is 9.74. The highest BCUT2D eigenvalue weighted by molar-refractivity contribution is 5.82. The van der Waals surface area contributed by atoms with Crippen LogP contribution < -0.4 is 5.32 Å². The Morgan fingerprint density at radius 3 is 2.80 bits per heavy atom. The lowest BCUT2D eigenvalue weighted by atomic mass is 10.0. The van der Waals surface area contributed by atoms with Crippen LogP contribution in [0.5, 0.6) is 0 Å². The summed E-state index contributed by atoms with van der Waals surface area (Å²) in [5.41, 5.74) is 6.49. The molecule has 1 aliphatic rings. The van der Waals surface area contributed by atoms with Gasteiger partial charge in [0, 0.05) is 44.7 Å². The molecule has 3 N–H and O–H groups in total. The topological polar surface area (TPSA) is 154 Å². The fourth-order valence-corrected chi connectivity index (χ4v) is 4.91. The average molecular weight is 537 g/mol. The number of aliphatic hydroxyl groups is 1. The van der Waals surface area contributed by atoms with E-state index in [0.717, 1.165) is 53.3 Å². The lowest BCUT2D eigenvalue weighted by Crippen LogP contribution is -2.51. The van der Waals surface area contributed by atoms with Crippen LogP contribution in [-0.2, 0) is 17.7 Å². The molecule has 5 aromatic rings. The molecule has 4 aromatic heterocycles. The molecule has 0 spiro atoms. The van der Waals surface area contributed by atoms with Gasteiger partial charge >= 0.3 is 0 Å². The molecule has 1 fully saturated rings. The van der Waals surface area contributed by atoms with Crippen molar-refractivity contribution in [3.63, 3.8) is 0 Å². The number of nitriles is 1. The molecule has 0 unspecified atom stereocenters. The number of hydrogen-bond acceptors (Lipinski definition) is 10. The molecule has 12 nitrogen and oxygen atoms in total. The van der Waals surface area contributed by atoms with Crippen molar-refractivity contribution in [1.82, 2.24) is 39.8 Å². The highest BCUT2D eigenvalue weighted by atomic mass is 16.5. The minimum absolute atomic E-state index is 0.0308. The number of aromatic amines is 1. The second-order valence-electron chi connectivity index (χ2n) is 9.74. The van der Waals surface area contributed by atoms with Gasteiger partial charge in [-0.05, 0) is 55.3 Å². The number of nitrogens with zero attached hydrogens (tertiary/aromatic N) is 8. The van der Waals surface area contributed by atoms with Crippen molar-refractivity contribution in [3.8, 4) is 23.1 Å². The Hall–Kier alpha value is -4.70. The third kappa shape index (κ3) is 4.89. The van der Waals surface area contributed by atoms with Gasteiger partial charge in [-0.15, -0.1) is 5.10 Å². The summed E-state index contributed by atoms with van der Waals surface area (Å²) < 4.78 is 7.22. The first-order chi connectivity index (χ1) is 19.6. The zero-order valence-corrected chi connectivity index (χ0v) is 22.2. The predicted octanol–water partition coefficient (Wildman–Crippen LogP) is 2.89. The molecule has 1 aromatic carbocycles. The third-order valence-corrected chi connectivity index (χ3v) is 7.06. The Morgan fingerprint density at radius 2 is 2.05 bits per heavy atom. The van der Waals surface area contributed by atoms with Crippen LogP contribution in [0.4, 0.5) is 11.5 Å². The summed E-state index contributed by atoms with van der Waals surface area (Å²) in [4.78, 5) is 11.8. The maximum atomic E-state index is 9.59. The van der Waals surface area contributed by atoms with Gasteiger partial charge in [0.05, 0.1) is 34.1 Å². The fraction of sp³-hybridized carbons (Fsp3) is 0.286. The molecule has 202 valence electrons. The molecule has 0 saturated carbocycles. The Balaban J connectivity index is 1.24. The van der Waals surface area contributed by atoms with Crippen LogP contribution in [0, 0.1) is 18.3 Å². The quantitative estimate of drug-likeness (QED) is 0.256. The van der Waals surface area contributed by atoms with Crippen molar-refractivity contribution >= 4 is 22.5 Å². The summed E-state index contributed by atoms with van der Waals surface area (Å²) in [6.07, 6.45) is 2.44. The molecule has 0 atom stereocenters. The Bertz CT molecular complexity index is 1700. The number of imidazole rings is 1. The van der Waals surface area contributed by atoms with Crippen molar-refractivity contribution in [2.45, 2.75) is 26.0 Å². The number of aromatic nitrogens is 7. The fourth-order valence-electron chi connectivity index (χ4n) is 4.91. The highest BCUT2D eigenvalue weighted by Crippen LogP contribution is 2.30. The van der Waals surface area contributed by atoms with Gasteiger partial charge in [-0.2, -0.15) is 15.5 Å². The maximum absolute atomic E-state index is 9.59. The van der Waals surface area contributed by atoms with E-state index in [2.05, 4.69) is 41.7 Å². The number of benzene rings is 1. The second kappa shape index (κ2) is 10.8. The lowest BCUT2D eigenvalue weighted by molar-refractivity contribution is -0.0340. The molecule has 0 aliphatic carbocycles. The number of nitrogens with one attached hydrogen (secondary N) is 2. The highest BCUT2D eigenvalue weighted by Gasteiger charge is 2.26. The number of pyridine rings is 1. The number of fused-ring (bicyclic) bond motifs is 1. The van der Waals surface area contributed by atoms with Gasteiger partial charge in [-0.25, -0.2) is 9.97 Å². The number of hydrogen-bond donors (Lipinski definition) is 3. The maximum Gasteiger partial charge on any atom is 0.171 e. The summed E-state index contributed by atoms with van der Waals surface area (Å²) in [5, 5.41) is 38.1. The minimum Gasteiger partial charge on any atom is -0.396 e. The zero-order chi connectivity index (χ0) is 27.6. The van der Waals surface area contributed by atoms with Gasteiger partial charge in [-0.3, -0.25) is 14.6 Å². The van der Waals surface area contributed by atoms with E-state index in [-0.39, 0.29) is 12.3 Å². The lowest BCUT2D eigenvalue weighted by Gasteiger charge is -2.37. The number of likely N-dealkylation sites (tertiary alicyclic amines) is 1. The molecule has 40 heavy (non-hydrogen) atoms. The molecule has 1 aliphatic heterocycles. The molecule has 0 bridgehead atoms. The van der Waals surface area contributed by atoms with Crippen molar-refractivity contribution in [2.75, 3.05) is 32.1 Å². The van der Waals surface area contributed by atoms with E-state index in [1.165, 1.54) is 0 Å². The van der Waals surface area contributed by atoms with Gasteiger partial charge in [0.25, 0.3) is 0 Å². The van der Waals surface area contributed by atoms with E-state index < -0.39 is 0 Å². The van der Waals surface area contributed by atoms with E-state index in [1.54, 1.807) is 13.4 Å². The summed E-state index contributed by atoms with van der Waals surface area (Å²) in [7, 11) is 1.74. The van der Waals surface area contributed by atoms with Gasteiger partial charge in [-0.1, -0.05) is 6.07 Å². The predicted molar refractivity (Wildman–Crippen MR) is 148 cm³/mol. The SMILES string of the molecule is COC1CN(Cc2ccc(Nc3ccc4c(c3)ncn4-c3ccc(CCO)c(-c4c(C#N)n[nH]c4C)n3)nn2)C1. The Morgan fingerprint density at radius 1 is 1.18 bits per heavy atom. The van der Waals surface area contributed by atoms with Gasteiger partial charge in [0.15, 0.2) is 11.5 Å². The van der Waals surface area contributed by atoms with E-state index in [9.17, 15) is 10.4 Å². The van der Waals surface area contributed by atoms with Crippen molar-refractivity contribution in [2.24, 2.45) is 0 Å². The number of aliphatic hydroxyl groups excluding tert-OH is 1. The van der Waals surface area contributed by atoms with Crippen LogP contribution in [0.15, 0.2) is 48.8 Å². The zero-order valence-electron chi connectivity index (χ0n) is 22.2. The van der Waals surface area contributed by atoms with E-state index in [4.69, 9.17) is 9.72 Å². The molecular formula is C28H28N10O2. The molecular weight excluding hydrogens is 508 g/mol.